The fraction of sp³-hybridized carbons (Fsp3) is 0.0714. The van der Waals surface area contributed by atoms with Crippen LogP contribution in [-0.2, 0) is 11.4 Å². The Morgan fingerprint density at radius 3 is 2.53 bits per heavy atom. The number of hydrogen-bond acceptors (Lipinski definition) is 5. The van der Waals surface area contributed by atoms with E-state index < -0.39 is 0 Å². The third-order valence-electron chi connectivity index (χ3n) is 5.73. The standard InChI is InChI=1S/C28H19Cl2NO3S2/c1-33-21-11-9-20(10-12-21)31-27(32)26(36-28(31)35)15-23-22-5-3-2-4-17(22)7-13-25(23)34-16-18-6-8-19(29)14-24(18)30/h2-15H,16H2,1H3. The first kappa shape index (κ1) is 24.7. The number of ether oxygens (including phenoxy) is 2. The van der Waals surface area contributed by atoms with Gasteiger partial charge in [0.1, 0.15) is 18.1 Å². The van der Waals surface area contributed by atoms with Crippen LogP contribution in [0.2, 0.25) is 10.0 Å². The molecule has 1 heterocycles. The molecular weight excluding hydrogens is 533 g/mol. The van der Waals surface area contributed by atoms with E-state index in [4.69, 9.17) is 44.9 Å². The number of rotatable bonds is 6. The molecule has 1 amide bonds. The Balaban J connectivity index is 1.51. The highest BCUT2D eigenvalue weighted by Gasteiger charge is 2.33. The zero-order valence-electron chi connectivity index (χ0n) is 19.0. The van der Waals surface area contributed by atoms with Gasteiger partial charge in [-0.1, -0.05) is 83.6 Å². The summed E-state index contributed by atoms with van der Waals surface area (Å²) in [6.45, 7) is 0.252. The summed E-state index contributed by atoms with van der Waals surface area (Å²) in [7, 11) is 1.60. The number of carbonyl (C=O) groups excluding carboxylic acids is 1. The monoisotopic (exact) mass is 551 g/mol. The van der Waals surface area contributed by atoms with E-state index in [0.29, 0.717) is 36.5 Å². The predicted molar refractivity (Wildman–Crippen MR) is 153 cm³/mol. The quantitative estimate of drug-likeness (QED) is 0.178. The molecule has 1 aliphatic rings. The fourth-order valence-corrected chi connectivity index (χ4v) is 5.64. The number of anilines is 1. The van der Waals surface area contributed by atoms with Gasteiger partial charge in [-0.05, 0) is 59.3 Å². The lowest BCUT2D eigenvalue weighted by molar-refractivity contribution is -0.113. The van der Waals surface area contributed by atoms with Crippen molar-refractivity contribution in [3.05, 3.63) is 105 Å². The number of benzene rings is 4. The van der Waals surface area contributed by atoms with Crippen molar-refractivity contribution >= 4 is 79.9 Å². The molecule has 8 heteroatoms. The van der Waals surface area contributed by atoms with Gasteiger partial charge in [0.15, 0.2) is 4.32 Å². The summed E-state index contributed by atoms with van der Waals surface area (Å²) in [6.07, 6.45) is 1.85. The lowest BCUT2D eigenvalue weighted by Crippen LogP contribution is -2.27. The number of thiocarbonyl (C=S) groups is 1. The molecule has 0 aromatic heterocycles. The van der Waals surface area contributed by atoms with E-state index in [0.717, 1.165) is 21.9 Å². The molecule has 180 valence electrons. The lowest BCUT2D eigenvalue weighted by Gasteiger charge is -2.15. The zero-order chi connectivity index (χ0) is 25.2. The molecule has 4 aromatic carbocycles. The van der Waals surface area contributed by atoms with Gasteiger partial charge in [-0.15, -0.1) is 0 Å². The van der Waals surface area contributed by atoms with Crippen LogP contribution in [0, 0.1) is 0 Å². The van der Waals surface area contributed by atoms with Crippen molar-refractivity contribution in [2.24, 2.45) is 0 Å². The highest BCUT2D eigenvalue weighted by molar-refractivity contribution is 8.27. The third-order valence-corrected chi connectivity index (χ3v) is 7.62. The smallest absolute Gasteiger partial charge is 0.270 e. The van der Waals surface area contributed by atoms with Crippen molar-refractivity contribution in [1.29, 1.82) is 0 Å². The van der Waals surface area contributed by atoms with Crippen molar-refractivity contribution in [3.8, 4) is 11.5 Å². The molecule has 5 rings (SSSR count). The second-order valence-electron chi connectivity index (χ2n) is 7.94. The van der Waals surface area contributed by atoms with E-state index in [-0.39, 0.29) is 12.5 Å². The summed E-state index contributed by atoms with van der Waals surface area (Å²) >= 11 is 19.2. The number of hydrogen-bond donors (Lipinski definition) is 0. The maximum atomic E-state index is 13.4. The van der Waals surface area contributed by atoms with Gasteiger partial charge in [-0.3, -0.25) is 9.69 Å². The molecule has 0 unspecified atom stereocenters. The van der Waals surface area contributed by atoms with Crippen molar-refractivity contribution in [2.45, 2.75) is 6.61 Å². The highest BCUT2D eigenvalue weighted by Crippen LogP contribution is 2.39. The molecule has 0 bridgehead atoms. The summed E-state index contributed by atoms with van der Waals surface area (Å²) in [5, 5.41) is 3.09. The largest absolute Gasteiger partial charge is 0.497 e. The molecule has 0 saturated carbocycles. The molecule has 0 spiro atoms. The van der Waals surface area contributed by atoms with E-state index in [1.54, 1.807) is 31.4 Å². The van der Waals surface area contributed by atoms with Gasteiger partial charge in [0.25, 0.3) is 5.91 Å². The lowest BCUT2D eigenvalue weighted by atomic mass is 10.0. The van der Waals surface area contributed by atoms with Crippen molar-refractivity contribution in [1.82, 2.24) is 0 Å². The van der Waals surface area contributed by atoms with E-state index in [1.165, 1.54) is 16.7 Å². The van der Waals surface area contributed by atoms with Gasteiger partial charge < -0.3 is 9.47 Å². The van der Waals surface area contributed by atoms with Crippen molar-refractivity contribution in [2.75, 3.05) is 12.0 Å². The van der Waals surface area contributed by atoms with E-state index in [2.05, 4.69) is 0 Å². The van der Waals surface area contributed by atoms with Crippen LogP contribution in [0.4, 0.5) is 5.69 Å². The van der Waals surface area contributed by atoms with Crippen LogP contribution in [0.1, 0.15) is 11.1 Å². The summed E-state index contributed by atoms with van der Waals surface area (Å²) in [4.78, 5) is 15.5. The molecule has 0 aliphatic carbocycles. The predicted octanol–water partition coefficient (Wildman–Crippen LogP) is 8.14. The second kappa shape index (κ2) is 10.5. The number of amides is 1. The molecule has 0 N–H and O–H groups in total. The SMILES string of the molecule is COc1ccc(N2C(=O)C(=Cc3c(OCc4ccc(Cl)cc4Cl)ccc4ccccc34)SC2=S)cc1. The first-order valence-electron chi connectivity index (χ1n) is 10.9. The molecule has 0 radical (unpaired) electrons. The minimum atomic E-state index is -0.185. The van der Waals surface area contributed by atoms with Gasteiger partial charge in [-0.2, -0.15) is 0 Å². The zero-order valence-corrected chi connectivity index (χ0v) is 22.2. The van der Waals surface area contributed by atoms with Crippen LogP contribution in [0.3, 0.4) is 0 Å². The number of nitrogens with zero attached hydrogens (tertiary/aromatic N) is 1. The average molecular weight is 553 g/mol. The molecule has 1 aliphatic heterocycles. The van der Waals surface area contributed by atoms with Gasteiger partial charge in [0, 0.05) is 21.2 Å². The molecule has 36 heavy (non-hydrogen) atoms. The van der Waals surface area contributed by atoms with Crippen molar-refractivity contribution < 1.29 is 14.3 Å². The Kier molecular flexibility index (Phi) is 7.21. The van der Waals surface area contributed by atoms with E-state index in [9.17, 15) is 4.79 Å². The Morgan fingerprint density at radius 2 is 1.78 bits per heavy atom. The van der Waals surface area contributed by atoms with Crippen LogP contribution < -0.4 is 14.4 Å². The minimum absolute atomic E-state index is 0.185. The van der Waals surface area contributed by atoms with Gasteiger partial charge in [0.05, 0.1) is 17.7 Å². The van der Waals surface area contributed by atoms with E-state index >= 15 is 0 Å². The van der Waals surface area contributed by atoms with E-state index in [1.807, 2.05) is 60.7 Å². The van der Waals surface area contributed by atoms with Crippen LogP contribution in [-0.4, -0.2) is 17.3 Å². The maximum absolute atomic E-state index is 13.4. The van der Waals surface area contributed by atoms with Crippen LogP contribution in [0.15, 0.2) is 83.8 Å². The Hall–Kier alpha value is -3.03. The van der Waals surface area contributed by atoms with Gasteiger partial charge >= 0.3 is 0 Å². The number of thioether (sulfide) groups is 1. The highest BCUT2D eigenvalue weighted by atomic mass is 35.5. The topological polar surface area (TPSA) is 38.8 Å². The first-order valence-corrected chi connectivity index (χ1v) is 12.9. The van der Waals surface area contributed by atoms with Crippen molar-refractivity contribution in [3.63, 3.8) is 0 Å². The third kappa shape index (κ3) is 4.95. The number of methoxy groups -OCH3 is 1. The first-order chi connectivity index (χ1) is 17.4. The van der Waals surface area contributed by atoms with Crippen LogP contribution >= 0.6 is 47.2 Å². The summed E-state index contributed by atoms with van der Waals surface area (Å²) in [5.41, 5.74) is 2.30. The molecule has 4 aromatic rings. The average Bonchev–Trinajstić information content (AvgIpc) is 3.16. The molecule has 1 fully saturated rings. The van der Waals surface area contributed by atoms with Gasteiger partial charge in [0.2, 0.25) is 0 Å². The Labute approximate surface area is 228 Å². The Bertz CT molecular complexity index is 1520. The molecular formula is C28H19Cl2NO3S2. The second-order valence-corrected chi connectivity index (χ2v) is 10.5. The summed E-state index contributed by atoms with van der Waals surface area (Å²) < 4.78 is 11.9. The number of halogens is 2. The summed E-state index contributed by atoms with van der Waals surface area (Å²) in [5.74, 6) is 1.15. The maximum Gasteiger partial charge on any atom is 0.270 e. The number of fused-ring (bicyclic) bond motifs is 1. The normalized spacial score (nSPS) is 14.6. The molecule has 4 nitrogen and oxygen atoms in total. The Morgan fingerprint density at radius 1 is 1.00 bits per heavy atom. The molecule has 1 saturated heterocycles. The molecule has 0 atom stereocenters. The fourth-order valence-electron chi connectivity index (χ4n) is 3.90. The van der Waals surface area contributed by atoms with Crippen LogP contribution in [0.5, 0.6) is 11.5 Å². The minimum Gasteiger partial charge on any atom is -0.497 e. The number of carbonyl (C=O) groups is 1. The van der Waals surface area contributed by atoms with Crippen LogP contribution in [0.25, 0.3) is 16.8 Å². The van der Waals surface area contributed by atoms with Gasteiger partial charge in [-0.25, -0.2) is 0 Å². The summed E-state index contributed by atoms with van der Waals surface area (Å²) in [6, 6.07) is 24.4.